The molecule has 0 radical (unpaired) electrons. The fraction of sp³-hybridized carbons (Fsp3) is 0.0769. The Morgan fingerprint density at radius 2 is 1.75 bits per heavy atom. The van der Waals surface area contributed by atoms with E-state index in [0.29, 0.717) is 0 Å². The summed E-state index contributed by atoms with van der Waals surface area (Å²) in [4.78, 5) is 19.7. The summed E-state index contributed by atoms with van der Waals surface area (Å²) in [5.41, 5.74) is -0.814. The highest BCUT2D eigenvalue weighted by molar-refractivity contribution is 7.87. The van der Waals surface area contributed by atoms with E-state index in [1.165, 1.54) is 13.0 Å². The molecule has 0 spiro atoms. The Labute approximate surface area is 140 Å². The van der Waals surface area contributed by atoms with E-state index >= 15 is 0 Å². The van der Waals surface area contributed by atoms with Gasteiger partial charge in [-0.15, -0.1) is 0 Å². The van der Waals surface area contributed by atoms with Crippen LogP contribution in [0.4, 0.5) is 11.4 Å². The third-order valence-electron chi connectivity index (χ3n) is 3.05. The van der Waals surface area contributed by atoms with Gasteiger partial charge >= 0.3 is 10.1 Å². The van der Waals surface area contributed by atoms with Gasteiger partial charge in [0.05, 0.1) is 14.9 Å². The first-order chi connectivity index (χ1) is 11.1. The smallest absolute Gasteiger partial charge is 0.339 e. The molecule has 126 valence electrons. The predicted octanol–water partition coefficient (Wildman–Crippen LogP) is 3.23. The van der Waals surface area contributed by atoms with Crippen molar-refractivity contribution < 1.29 is 22.4 Å². The van der Waals surface area contributed by atoms with Crippen molar-refractivity contribution in [3.8, 4) is 5.75 Å². The molecule has 0 bridgehead atoms. The van der Waals surface area contributed by atoms with E-state index in [1.54, 1.807) is 0 Å². The van der Waals surface area contributed by atoms with Crippen molar-refractivity contribution in [2.45, 2.75) is 11.8 Å². The Hall–Kier alpha value is -2.72. The largest absolute Gasteiger partial charge is 0.377 e. The van der Waals surface area contributed by atoms with Gasteiger partial charge in [-0.2, -0.15) is 8.42 Å². The van der Waals surface area contributed by atoms with Crippen molar-refractivity contribution in [1.82, 2.24) is 0 Å². The standard InChI is InChI=1S/C13H9ClN2O7S/c1-8-11(16(19)20)3-2-4-13(8)24(21,22)23-12-6-5-9(15(17)18)7-10(12)14/h2-7H,1H3. The summed E-state index contributed by atoms with van der Waals surface area (Å²) < 4.78 is 29.5. The number of benzene rings is 2. The monoisotopic (exact) mass is 372 g/mol. The fourth-order valence-electron chi connectivity index (χ4n) is 1.91. The lowest BCUT2D eigenvalue weighted by Gasteiger charge is -2.10. The molecule has 9 nitrogen and oxygen atoms in total. The van der Waals surface area contributed by atoms with Gasteiger partial charge in [0, 0.05) is 23.8 Å². The molecule has 24 heavy (non-hydrogen) atoms. The van der Waals surface area contributed by atoms with Crippen LogP contribution in [0.5, 0.6) is 5.75 Å². The number of nitrogens with zero attached hydrogens (tertiary/aromatic N) is 2. The zero-order chi connectivity index (χ0) is 18.1. The quantitative estimate of drug-likeness (QED) is 0.447. The van der Waals surface area contributed by atoms with Crippen LogP contribution in [0, 0.1) is 27.2 Å². The molecular formula is C13H9ClN2O7S. The van der Waals surface area contributed by atoms with Crippen LogP contribution in [-0.4, -0.2) is 18.3 Å². The lowest BCUT2D eigenvalue weighted by Crippen LogP contribution is -2.12. The molecule has 0 aliphatic rings. The first-order valence-corrected chi connectivity index (χ1v) is 8.04. The molecule has 0 heterocycles. The van der Waals surface area contributed by atoms with Crippen LogP contribution in [-0.2, 0) is 10.1 Å². The maximum absolute atomic E-state index is 12.3. The number of halogens is 1. The first-order valence-electron chi connectivity index (χ1n) is 6.26. The minimum atomic E-state index is -4.41. The zero-order valence-electron chi connectivity index (χ0n) is 12.0. The average Bonchev–Trinajstić information content (AvgIpc) is 2.48. The Morgan fingerprint density at radius 1 is 1.08 bits per heavy atom. The second-order valence-corrected chi connectivity index (χ2v) is 6.49. The van der Waals surface area contributed by atoms with Crippen molar-refractivity contribution in [1.29, 1.82) is 0 Å². The predicted molar refractivity (Wildman–Crippen MR) is 83.8 cm³/mol. The van der Waals surface area contributed by atoms with Crippen LogP contribution in [0.2, 0.25) is 5.02 Å². The molecule has 11 heteroatoms. The molecule has 0 saturated heterocycles. The number of hydrogen-bond acceptors (Lipinski definition) is 7. The van der Waals surface area contributed by atoms with E-state index in [2.05, 4.69) is 0 Å². The second-order valence-electron chi connectivity index (χ2n) is 4.57. The van der Waals surface area contributed by atoms with Crippen LogP contribution < -0.4 is 4.18 Å². The van der Waals surface area contributed by atoms with Gasteiger partial charge in [-0.1, -0.05) is 17.7 Å². The highest BCUT2D eigenvalue weighted by Crippen LogP contribution is 2.32. The number of nitro benzene ring substituents is 2. The lowest BCUT2D eigenvalue weighted by atomic mass is 10.2. The molecule has 0 unspecified atom stereocenters. The van der Waals surface area contributed by atoms with Crippen molar-refractivity contribution in [3.05, 3.63) is 67.2 Å². The molecule has 0 atom stereocenters. The molecule has 2 aromatic rings. The van der Waals surface area contributed by atoms with Crippen molar-refractivity contribution in [2.24, 2.45) is 0 Å². The SMILES string of the molecule is Cc1c([N+](=O)[O-])cccc1S(=O)(=O)Oc1ccc([N+](=O)[O-])cc1Cl. The summed E-state index contributed by atoms with van der Waals surface area (Å²) in [6, 6.07) is 6.51. The summed E-state index contributed by atoms with van der Waals surface area (Å²) in [5.74, 6) is -0.326. The van der Waals surface area contributed by atoms with E-state index in [4.69, 9.17) is 15.8 Å². The molecule has 2 aromatic carbocycles. The zero-order valence-corrected chi connectivity index (χ0v) is 13.6. The molecular weight excluding hydrogens is 364 g/mol. The van der Waals surface area contributed by atoms with Gasteiger partial charge in [0.1, 0.15) is 4.90 Å². The van der Waals surface area contributed by atoms with Crippen molar-refractivity contribution >= 4 is 33.1 Å². The summed E-state index contributed by atoms with van der Waals surface area (Å²) >= 11 is 5.79. The van der Waals surface area contributed by atoms with Gasteiger partial charge in [0.25, 0.3) is 11.4 Å². The summed E-state index contributed by atoms with van der Waals surface area (Å²) in [5, 5.41) is 21.3. The Morgan fingerprint density at radius 3 is 2.29 bits per heavy atom. The highest BCUT2D eigenvalue weighted by Gasteiger charge is 2.26. The Kier molecular flexibility index (Phi) is 4.71. The fourth-order valence-corrected chi connectivity index (χ4v) is 3.36. The second kappa shape index (κ2) is 6.42. The molecule has 0 N–H and O–H groups in total. The minimum absolute atomic E-state index is 0.0967. The number of rotatable bonds is 5. The Bertz CT molecular complexity index is 943. The molecule has 2 rings (SSSR count). The maximum Gasteiger partial charge on any atom is 0.339 e. The van der Waals surface area contributed by atoms with Gasteiger partial charge in [0.2, 0.25) is 0 Å². The summed E-state index contributed by atoms with van der Waals surface area (Å²) in [7, 11) is -4.41. The third kappa shape index (κ3) is 3.44. The molecule has 0 amide bonds. The van der Waals surface area contributed by atoms with E-state index < -0.39 is 24.9 Å². The van der Waals surface area contributed by atoms with E-state index in [-0.39, 0.29) is 27.7 Å². The molecule has 0 aromatic heterocycles. The van der Waals surface area contributed by atoms with E-state index in [0.717, 1.165) is 30.3 Å². The molecule has 0 saturated carbocycles. The van der Waals surface area contributed by atoms with Gasteiger partial charge < -0.3 is 4.18 Å². The van der Waals surface area contributed by atoms with Crippen LogP contribution in [0.15, 0.2) is 41.3 Å². The van der Waals surface area contributed by atoms with E-state index in [9.17, 15) is 28.6 Å². The number of nitro groups is 2. The van der Waals surface area contributed by atoms with Gasteiger partial charge in [-0.3, -0.25) is 20.2 Å². The number of non-ortho nitro benzene ring substituents is 1. The van der Waals surface area contributed by atoms with E-state index in [1.807, 2.05) is 0 Å². The normalized spacial score (nSPS) is 11.1. The number of hydrogen-bond donors (Lipinski definition) is 0. The van der Waals surface area contributed by atoms with Crippen LogP contribution >= 0.6 is 11.6 Å². The highest BCUT2D eigenvalue weighted by atomic mass is 35.5. The van der Waals surface area contributed by atoms with Crippen LogP contribution in [0.1, 0.15) is 5.56 Å². The van der Waals surface area contributed by atoms with Crippen LogP contribution in [0.3, 0.4) is 0 Å². The van der Waals surface area contributed by atoms with Gasteiger partial charge in [0.15, 0.2) is 5.75 Å². The van der Waals surface area contributed by atoms with Crippen LogP contribution in [0.25, 0.3) is 0 Å². The Balaban J connectivity index is 2.45. The molecule has 0 aliphatic carbocycles. The summed E-state index contributed by atoms with van der Waals surface area (Å²) in [6.45, 7) is 1.27. The summed E-state index contributed by atoms with van der Waals surface area (Å²) in [6.07, 6.45) is 0. The first kappa shape index (κ1) is 17.6. The maximum atomic E-state index is 12.3. The average molecular weight is 373 g/mol. The molecule has 0 fully saturated rings. The minimum Gasteiger partial charge on any atom is -0.377 e. The topological polar surface area (TPSA) is 130 Å². The van der Waals surface area contributed by atoms with Gasteiger partial charge in [-0.05, 0) is 19.1 Å². The third-order valence-corrected chi connectivity index (χ3v) is 4.72. The van der Waals surface area contributed by atoms with Gasteiger partial charge in [-0.25, -0.2) is 0 Å². The van der Waals surface area contributed by atoms with Crippen molar-refractivity contribution in [3.63, 3.8) is 0 Å². The molecule has 0 aliphatic heterocycles. The lowest BCUT2D eigenvalue weighted by molar-refractivity contribution is -0.385. The van der Waals surface area contributed by atoms with Crippen molar-refractivity contribution in [2.75, 3.05) is 0 Å².